The van der Waals surface area contributed by atoms with Crippen LogP contribution in [0, 0.1) is 0 Å². The molecule has 1 heterocycles. The van der Waals surface area contributed by atoms with Gasteiger partial charge in [0.2, 0.25) is 0 Å². The van der Waals surface area contributed by atoms with Crippen LogP contribution in [0.2, 0.25) is 0 Å². The summed E-state index contributed by atoms with van der Waals surface area (Å²) in [7, 11) is 1.60. The minimum atomic E-state index is -4.25. The largest absolute Gasteiger partial charge is 0.408 e. The first-order valence-corrected chi connectivity index (χ1v) is 7.60. The van der Waals surface area contributed by atoms with Crippen molar-refractivity contribution in [3.8, 4) is 0 Å². The van der Waals surface area contributed by atoms with Crippen molar-refractivity contribution in [2.24, 2.45) is 0 Å². The molecule has 1 aromatic carbocycles. The molecular formula is C14H18F3IN2. The van der Waals surface area contributed by atoms with Gasteiger partial charge in [0.1, 0.15) is 6.04 Å². The van der Waals surface area contributed by atoms with Gasteiger partial charge in [0.05, 0.1) is 0 Å². The highest BCUT2D eigenvalue weighted by Crippen LogP contribution is 2.39. The number of alkyl halides is 3. The summed E-state index contributed by atoms with van der Waals surface area (Å²) < 4.78 is 42.4. The van der Waals surface area contributed by atoms with Crippen LogP contribution >= 0.6 is 22.9 Å². The Hall–Kier alpha value is -0.340. The van der Waals surface area contributed by atoms with Crippen molar-refractivity contribution in [3.05, 3.63) is 35.9 Å². The van der Waals surface area contributed by atoms with Crippen LogP contribution in [-0.4, -0.2) is 40.4 Å². The highest BCUT2D eigenvalue weighted by molar-refractivity contribution is 14.1. The van der Waals surface area contributed by atoms with Crippen molar-refractivity contribution in [2.75, 3.05) is 20.1 Å². The summed E-state index contributed by atoms with van der Waals surface area (Å²) in [5, 5.41) is 0. The highest BCUT2D eigenvalue weighted by Gasteiger charge is 2.45. The number of benzene rings is 1. The van der Waals surface area contributed by atoms with Gasteiger partial charge in [-0.25, -0.2) is 3.11 Å². The topological polar surface area (TPSA) is 6.48 Å². The van der Waals surface area contributed by atoms with E-state index in [0.717, 1.165) is 25.9 Å². The van der Waals surface area contributed by atoms with Crippen molar-refractivity contribution in [3.63, 3.8) is 0 Å². The Kier molecular flexibility index (Phi) is 5.30. The van der Waals surface area contributed by atoms with Gasteiger partial charge >= 0.3 is 6.18 Å². The molecule has 0 amide bonds. The van der Waals surface area contributed by atoms with E-state index in [2.05, 4.69) is 26.0 Å². The number of piperidine rings is 1. The van der Waals surface area contributed by atoms with Crippen molar-refractivity contribution in [1.82, 2.24) is 8.01 Å². The lowest BCUT2D eigenvalue weighted by molar-refractivity contribution is -0.190. The predicted molar refractivity (Wildman–Crippen MR) is 81.6 cm³/mol. The molecule has 2 rings (SSSR count). The molecule has 0 aromatic heterocycles. The van der Waals surface area contributed by atoms with Gasteiger partial charge in [0, 0.05) is 42.0 Å². The SMILES string of the molecule is CN(C1CCN(I)CC1)C(c1ccccc1)C(F)(F)F. The van der Waals surface area contributed by atoms with Gasteiger partial charge in [-0.1, -0.05) is 30.3 Å². The maximum absolute atomic E-state index is 13.4. The fourth-order valence-electron chi connectivity index (χ4n) is 2.74. The predicted octanol–water partition coefficient (Wildman–Crippen LogP) is 4.04. The molecule has 1 atom stereocenters. The molecule has 1 aliphatic rings. The number of rotatable bonds is 3. The molecule has 20 heavy (non-hydrogen) atoms. The monoisotopic (exact) mass is 398 g/mol. The minimum Gasteiger partial charge on any atom is -0.289 e. The summed E-state index contributed by atoms with van der Waals surface area (Å²) in [6.07, 6.45) is -2.70. The standard InChI is InChI=1S/C14H18F3IN2/c1-19(12-7-9-20(18)10-8-12)13(14(15,16)17)11-5-3-2-4-6-11/h2-6,12-13H,7-10H2,1H3. The lowest BCUT2D eigenvalue weighted by Crippen LogP contribution is -2.46. The van der Waals surface area contributed by atoms with Gasteiger partial charge in [-0.15, -0.1) is 0 Å². The highest BCUT2D eigenvalue weighted by atomic mass is 127. The number of nitrogens with zero attached hydrogens (tertiary/aromatic N) is 2. The molecule has 0 spiro atoms. The van der Waals surface area contributed by atoms with E-state index < -0.39 is 12.2 Å². The van der Waals surface area contributed by atoms with Crippen LogP contribution in [0.3, 0.4) is 0 Å². The minimum absolute atomic E-state index is 0.0205. The number of hydrogen-bond donors (Lipinski definition) is 0. The molecule has 1 aliphatic heterocycles. The smallest absolute Gasteiger partial charge is 0.289 e. The van der Waals surface area contributed by atoms with E-state index in [1.54, 1.807) is 37.4 Å². The molecule has 1 aromatic rings. The Morgan fingerprint density at radius 2 is 1.75 bits per heavy atom. The molecule has 1 unspecified atom stereocenters. The summed E-state index contributed by atoms with van der Waals surface area (Å²) in [6, 6.07) is 6.64. The molecule has 112 valence electrons. The third-order valence-corrected chi connectivity index (χ3v) is 4.78. The maximum Gasteiger partial charge on any atom is 0.408 e. The maximum atomic E-state index is 13.4. The Balaban J connectivity index is 2.19. The lowest BCUT2D eigenvalue weighted by Gasteiger charge is -2.39. The molecule has 0 N–H and O–H groups in total. The van der Waals surface area contributed by atoms with E-state index in [4.69, 9.17) is 0 Å². The van der Waals surface area contributed by atoms with E-state index >= 15 is 0 Å². The lowest BCUT2D eigenvalue weighted by atomic mass is 9.99. The summed E-state index contributed by atoms with van der Waals surface area (Å²) in [5.41, 5.74) is 0.319. The zero-order chi connectivity index (χ0) is 14.8. The molecule has 0 saturated carbocycles. The van der Waals surface area contributed by atoms with Gasteiger partial charge < -0.3 is 0 Å². The van der Waals surface area contributed by atoms with Crippen molar-refractivity contribution < 1.29 is 13.2 Å². The summed E-state index contributed by atoms with van der Waals surface area (Å²) in [5.74, 6) is 0. The zero-order valence-electron chi connectivity index (χ0n) is 11.3. The fraction of sp³-hybridized carbons (Fsp3) is 0.571. The van der Waals surface area contributed by atoms with Crippen LogP contribution in [0.25, 0.3) is 0 Å². The molecule has 1 fully saturated rings. The number of halogens is 4. The third kappa shape index (κ3) is 3.85. The van der Waals surface area contributed by atoms with Crippen LogP contribution in [0.15, 0.2) is 30.3 Å². The van der Waals surface area contributed by atoms with Gasteiger partial charge in [-0.2, -0.15) is 13.2 Å². The molecular weight excluding hydrogens is 380 g/mol. The Morgan fingerprint density at radius 1 is 1.20 bits per heavy atom. The summed E-state index contributed by atoms with van der Waals surface area (Å²) in [4.78, 5) is 1.50. The zero-order valence-corrected chi connectivity index (χ0v) is 13.4. The number of hydrogen-bond acceptors (Lipinski definition) is 2. The normalized spacial score (nSPS) is 20.3. The second kappa shape index (κ2) is 6.62. The molecule has 1 saturated heterocycles. The Bertz CT molecular complexity index is 416. The molecule has 2 nitrogen and oxygen atoms in total. The van der Waals surface area contributed by atoms with E-state index in [9.17, 15) is 13.2 Å². The first kappa shape index (κ1) is 16.0. The summed E-state index contributed by atoms with van der Waals surface area (Å²) >= 11 is 2.23. The first-order chi connectivity index (χ1) is 9.39. The van der Waals surface area contributed by atoms with Crippen LogP contribution in [-0.2, 0) is 0 Å². The second-order valence-electron chi connectivity index (χ2n) is 5.16. The summed E-state index contributed by atoms with van der Waals surface area (Å²) in [6.45, 7) is 1.68. The quantitative estimate of drug-likeness (QED) is 0.561. The van der Waals surface area contributed by atoms with Crippen molar-refractivity contribution in [1.29, 1.82) is 0 Å². The average Bonchev–Trinajstić information content (AvgIpc) is 2.39. The van der Waals surface area contributed by atoms with Gasteiger partial charge in [0.25, 0.3) is 0 Å². The van der Waals surface area contributed by atoms with Crippen molar-refractivity contribution >= 4 is 22.9 Å². The molecule has 0 bridgehead atoms. The van der Waals surface area contributed by atoms with Gasteiger partial charge in [-0.05, 0) is 25.5 Å². The van der Waals surface area contributed by atoms with Crippen LogP contribution in [0.1, 0.15) is 24.4 Å². The van der Waals surface area contributed by atoms with Crippen LogP contribution < -0.4 is 0 Å². The van der Waals surface area contributed by atoms with Crippen LogP contribution in [0.4, 0.5) is 13.2 Å². The third-order valence-electron chi connectivity index (χ3n) is 3.82. The van der Waals surface area contributed by atoms with E-state index in [-0.39, 0.29) is 6.04 Å². The first-order valence-electron chi connectivity index (χ1n) is 6.64. The average molecular weight is 398 g/mol. The van der Waals surface area contributed by atoms with E-state index in [0.29, 0.717) is 5.56 Å². The van der Waals surface area contributed by atoms with E-state index in [1.165, 1.54) is 4.90 Å². The van der Waals surface area contributed by atoms with Crippen molar-refractivity contribution in [2.45, 2.75) is 31.1 Å². The fourth-order valence-corrected chi connectivity index (χ4v) is 3.30. The van der Waals surface area contributed by atoms with Gasteiger partial charge in [0.15, 0.2) is 0 Å². The Labute approximate surface area is 131 Å². The Morgan fingerprint density at radius 3 is 2.25 bits per heavy atom. The molecule has 0 aliphatic carbocycles. The van der Waals surface area contributed by atoms with Crippen LogP contribution in [0.5, 0.6) is 0 Å². The van der Waals surface area contributed by atoms with Gasteiger partial charge in [-0.3, -0.25) is 4.90 Å². The molecule has 0 radical (unpaired) electrons. The molecule has 6 heteroatoms. The van der Waals surface area contributed by atoms with E-state index in [1.807, 2.05) is 0 Å². The second-order valence-corrected chi connectivity index (χ2v) is 6.53.